The zero-order chi connectivity index (χ0) is 20.0. The zero-order valence-corrected chi connectivity index (χ0v) is 16.2. The summed E-state index contributed by atoms with van der Waals surface area (Å²) < 4.78 is 5.75. The molecule has 0 aromatic heterocycles. The van der Waals surface area contributed by atoms with Gasteiger partial charge in [0, 0.05) is 36.8 Å². The van der Waals surface area contributed by atoms with Crippen LogP contribution in [-0.2, 0) is 11.2 Å². The highest BCUT2D eigenvalue weighted by atomic mass is 16.5. The van der Waals surface area contributed by atoms with Crippen molar-refractivity contribution in [3.63, 3.8) is 0 Å². The van der Waals surface area contributed by atoms with Crippen LogP contribution < -0.4 is 15.8 Å². The molecule has 4 atom stereocenters. The summed E-state index contributed by atoms with van der Waals surface area (Å²) in [6, 6.07) is 15.0. The van der Waals surface area contributed by atoms with Crippen molar-refractivity contribution in [2.45, 2.75) is 31.4 Å². The Kier molecular flexibility index (Phi) is 4.51. The maximum Gasteiger partial charge on any atom is 0.265 e. The molecule has 3 N–H and O–H groups in total. The Balaban J connectivity index is 1.25. The largest absolute Gasteiger partial charge is 0.480 e. The first-order valence-electron chi connectivity index (χ1n) is 10.3. The van der Waals surface area contributed by atoms with Crippen molar-refractivity contribution >= 4 is 17.5 Å². The first-order chi connectivity index (χ1) is 14.1. The zero-order valence-electron chi connectivity index (χ0n) is 16.2. The van der Waals surface area contributed by atoms with Crippen molar-refractivity contribution in [2.24, 2.45) is 17.6 Å². The molecule has 0 bridgehead atoms. The quantitative estimate of drug-likeness (QED) is 0.842. The van der Waals surface area contributed by atoms with Gasteiger partial charge in [-0.25, -0.2) is 0 Å². The van der Waals surface area contributed by atoms with Crippen molar-refractivity contribution in [1.82, 2.24) is 4.90 Å². The molecule has 6 nitrogen and oxygen atoms in total. The fourth-order valence-electron chi connectivity index (χ4n) is 4.94. The summed E-state index contributed by atoms with van der Waals surface area (Å²) in [5.41, 5.74) is 8.43. The Morgan fingerprint density at radius 3 is 2.76 bits per heavy atom. The van der Waals surface area contributed by atoms with Crippen molar-refractivity contribution in [2.75, 3.05) is 18.4 Å². The van der Waals surface area contributed by atoms with Gasteiger partial charge in [0.1, 0.15) is 5.75 Å². The molecule has 2 heterocycles. The fraction of sp³-hybridized carbons (Fsp3) is 0.391. The molecule has 2 aromatic carbocycles. The van der Waals surface area contributed by atoms with Gasteiger partial charge >= 0.3 is 0 Å². The van der Waals surface area contributed by atoms with Crippen LogP contribution in [0.2, 0.25) is 0 Å². The monoisotopic (exact) mass is 391 g/mol. The number of anilines is 1. The summed E-state index contributed by atoms with van der Waals surface area (Å²) in [5.74, 6) is 1.51. The van der Waals surface area contributed by atoms with E-state index >= 15 is 0 Å². The maximum atomic E-state index is 13.0. The van der Waals surface area contributed by atoms with Crippen LogP contribution in [0, 0.1) is 11.8 Å². The number of rotatable bonds is 3. The molecule has 6 heteroatoms. The third kappa shape index (κ3) is 3.38. The van der Waals surface area contributed by atoms with Crippen LogP contribution in [0.1, 0.15) is 28.8 Å². The Labute approximate surface area is 170 Å². The summed E-state index contributed by atoms with van der Waals surface area (Å²) in [5, 5.41) is 2.90. The number of likely N-dealkylation sites (tertiary alicyclic amines) is 1. The minimum absolute atomic E-state index is 0.00669. The van der Waals surface area contributed by atoms with E-state index in [9.17, 15) is 9.59 Å². The van der Waals surface area contributed by atoms with Crippen molar-refractivity contribution in [3.05, 3.63) is 59.7 Å². The van der Waals surface area contributed by atoms with Crippen LogP contribution in [0.3, 0.4) is 0 Å². The normalized spacial score (nSPS) is 27.3. The summed E-state index contributed by atoms with van der Waals surface area (Å²) in [4.78, 5) is 27.5. The lowest BCUT2D eigenvalue weighted by molar-refractivity contribution is -0.122. The number of para-hydroxylation sites is 1. The van der Waals surface area contributed by atoms with Crippen molar-refractivity contribution in [1.29, 1.82) is 0 Å². The van der Waals surface area contributed by atoms with Gasteiger partial charge < -0.3 is 20.7 Å². The van der Waals surface area contributed by atoms with Crippen molar-refractivity contribution < 1.29 is 14.3 Å². The highest BCUT2D eigenvalue weighted by molar-refractivity contribution is 5.98. The molecule has 2 aromatic rings. The van der Waals surface area contributed by atoms with Gasteiger partial charge in [-0.3, -0.25) is 9.59 Å². The first-order valence-corrected chi connectivity index (χ1v) is 10.3. The van der Waals surface area contributed by atoms with Crippen LogP contribution in [0.15, 0.2) is 48.5 Å². The number of fused-ring (bicyclic) bond motifs is 2. The van der Waals surface area contributed by atoms with Crippen LogP contribution in [0.4, 0.5) is 5.69 Å². The van der Waals surface area contributed by atoms with Gasteiger partial charge in [-0.05, 0) is 54.5 Å². The second kappa shape index (κ2) is 7.19. The van der Waals surface area contributed by atoms with Gasteiger partial charge in [0.05, 0.1) is 0 Å². The number of carbonyl (C=O) groups is 2. The number of carbonyl (C=O) groups excluding carboxylic acids is 2. The second-order valence-corrected chi connectivity index (χ2v) is 8.36. The summed E-state index contributed by atoms with van der Waals surface area (Å²) in [6.45, 7) is 1.51. The standard InChI is InChI=1S/C23H25N3O3/c24-19-9-8-16-12-26(13-18(16)19)23(28)15-5-3-6-17(10-15)25-22(27)21-11-14-4-1-2-7-20(14)29-21/h1-7,10,16,18-19,21H,8-9,11-13,24H2,(H,25,27). The average Bonchev–Trinajstić information content (AvgIpc) is 3.43. The molecule has 150 valence electrons. The SMILES string of the molecule is NC1CCC2CN(C(=O)c3cccc(NC(=O)C4Cc5ccccc5O4)c3)CC12. The number of nitrogens with two attached hydrogens (primary N) is 1. The molecular formula is C23H25N3O3. The number of amides is 2. The molecule has 0 spiro atoms. The predicted octanol–water partition coefficient (Wildman–Crippen LogP) is 2.44. The number of nitrogens with zero attached hydrogens (tertiary/aromatic N) is 1. The number of hydrogen-bond acceptors (Lipinski definition) is 4. The van der Waals surface area contributed by atoms with Crippen LogP contribution in [-0.4, -0.2) is 41.9 Å². The Morgan fingerprint density at radius 2 is 1.93 bits per heavy atom. The van der Waals surface area contributed by atoms with E-state index in [1.165, 1.54) is 0 Å². The third-order valence-corrected chi connectivity index (χ3v) is 6.52. The number of hydrogen-bond donors (Lipinski definition) is 2. The van der Waals surface area contributed by atoms with Gasteiger partial charge in [-0.1, -0.05) is 24.3 Å². The molecule has 29 heavy (non-hydrogen) atoms. The smallest absolute Gasteiger partial charge is 0.265 e. The number of ether oxygens (including phenoxy) is 1. The van der Waals surface area contributed by atoms with E-state index in [1.54, 1.807) is 24.3 Å². The minimum atomic E-state index is -0.550. The molecule has 2 amide bonds. The van der Waals surface area contributed by atoms with E-state index in [0.717, 1.165) is 37.2 Å². The summed E-state index contributed by atoms with van der Waals surface area (Å²) in [6.07, 6.45) is 2.17. The molecule has 2 fully saturated rings. The molecule has 2 aliphatic heterocycles. The summed E-state index contributed by atoms with van der Waals surface area (Å²) >= 11 is 0. The Morgan fingerprint density at radius 1 is 1.07 bits per heavy atom. The molecular weight excluding hydrogens is 366 g/mol. The average molecular weight is 391 g/mol. The lowest BCUT2D eigenvalue weighted by Crippen LogP contribution is -2.33. The highest BCUT2D eigenvalue weighted by Crippen LogP contribution is 2.37. The summed E-state index contributed by atoms with van der Waals surface area (Å²) in [7, 11) is 0. The van der Waals surface area contributed by atoms with Crippen molar-refractivity contribution in [3.8, 4) is 5.75 Å². The first kappa shape index (κ1) is 18.2. The molecule has 1 saturated heterocycles. The van der Waals surface area contributed by atoms with Gasteiger partial charge in [0.25, 0.3) is 11.8 Å². The molecule has 5 rings (SSSR count). The lowest BCUT2D eigenvalue weighted by Gasteiger charge is -2.19. The van der Waals surface area contributed by atoms with Gasteiger partial charge in [0.15, 0.2) is 6.10 Å². The van der Waals surface area contributed by atoms with Gasteiger partial charge in [0.2, 0.25) is 0 Å². The highest BCUT2D eigenvalue weighted by Gasteiger charge is 2.42. The van der Waals surface area contributed by atoms with Gasteiger partial charge in [-0.2, -0.15) is 0 Å². The van der Waals surface area contributed by atoms with E-state index < -0.39 is 6.10 Å². The van der Waals surface area contributed by atoms with E-state index in [1.807, 2.05) is 29.2 Å². The van der Waals surface area contributed by atoms with Crippen LogP contribution in [0.5, 0.6) is 5.75 Å². The molecule has 4 unspecified atom stereocenters. The predicted molar refractivity (Wildman–Crippen MR) is 110 cm³/mol. The molecule has 1 saturated carbocycles. The molecule has 3 aliphatic rings. The van der Waals surface area contributed by atoms with E-state index in [0.29, 0.717) is 29.5 Å². The van der Waals surface area contributed by atoms with Crippen LogP contribution in [0.25, 0.3) is 0 Å². The number of benzene rings is 2. The Hall–Kier alpha value is -2.86. The Bertz CT molecular complexity index is 935. The third-order valence-electron chi connectivity index (χ3n) is 6.52. The lowest BCUT2D eigenvalue weighted by atomic mass is 9.98. The van der Waals surface area contributed by atoms with E-state index in [-0.39, 0.29) is 17.9 Å². The molecule has 0 radical (unpaired) electrons. The maximum absolute atomic E-state index is 13.0. The van der Waals surface area contributed by atoms with Gasteiger partial charge in [-0.15, -0.1) is 0 Å². The van der Waals surface area contributed by atoms with Crippen LogP contribution >= 0.6 is 0 Å². The van der Waals surface area contributed by atoms with E-state index in [4.69, 9.17) is 10.5 Å². The fourth-order valence-corrected chi connectivity index (χ4v) is 4.94. The van der Waals surface area contributed by atoms with E-state index in [2.05, 4.69) is 5.32 Å². The number of nitrogens with one attached hydrogen (secondary N) is 1. The second-order valence-electron chi connectivity index (χ2n) is 8.36. The topological polar surface area (TPSA) is 84.7 Å². The molecule has 1 aliphatic carbocycles. The minimum Gasteiger partial charge on any atom is -0.480 e.